The van der Waals surface area contributed by atoms with E-state index in [1.807, 2.05) is 43.3 Å². The van der Waals surface area contributed by atoms with E-state index in [-0.39, 0.29) is 6.10 Å². The maximum atomic E-state index is 5.83. The molecule has 0 spiro atoms. The van der Waals surface area contributed by atoms with Crippen molar-refractivity contribution in [1.82, 2.24) is 15.8 Å². The van der Waals surface area contributed by atoms with Crippen LogP contribution in [0.5, 0.6) is 5.75 Å². The van der Waals surface area contributed by atoms with Gasteiger partial charge in [-0.3, -0.25) is 4.99 Å². The minimum Gasteiger partial charge on any atom is -0.489 e. The quantitative estimate of drug-likeness (QED) is 0.603. The van der Waals surface area contributed by atoms with Gasteiger partial charge in [0.15, 0.2) is 11.7 Å². The highest BCUT2D eigenvalue weighted by Gasteiger charge is 2.09. The minimum atomic E-state index is 0.0174. The Balaban J connectivity index is 1.75. The second-order valence-electron chi connectivity index (χ2n) is 5.92. The van der Waals surface area contributed by atoms with Crippen molar-refractivity contribution in [1.29, 1.82) is 0 Å². The molecule has 0 bridgehead atoms. The van der Waals surface area contributed by atoms with Crippen LogP contribution in [0.3, 0.4) is 0 Å². The molecule has 0 amide bonds. The van der Waals surface area contributed by atoms with E-state index in [0.717, 1.165) is 17.2 Å². The number of hydrogen-bond acceptors (Lipinski definition) is 4. The SMILES string of the molecule is CN=C(NCc1cc(C(C)C)no1)NCC(C)Oc1ccccc1. The van der Waals surface area contributed by atoms with E-state index < -0.39 is 0 Å². The third-order valence-electron chi connectivity index (χ3n) is 3.46. The van der Waals surface area contributed by atoms with E-state index in [4.69, 9.17) is 9.26 Å². The van der Waals surface area contributed by atoms with Crippen LogP contribution in [-0.2, 0) is 6.54 Å². The molecule has 1 heterocycles. The Morgan fingerprint density at radius 3 is 2.58 bits per heavy atom. The highest BCUT2D eigenvalue weighted by Crippen LogP contribution is 2.13. The number of para-hydroxylation sites is 1. The van der Waals surface area contributed by atoms with Crippen molar-refractivity contribution in [2.75, 3.05) is 13.6 Å². The van der Waals surface area contributed by atoms with Gasteiger partial charge in [-0.2, -0.15) is 0 Å². The summed E-state index contributed by atoms with van der Waals surface area (Å²) in [6.45, 7) is 7.36. The maximum Gasteiger partial charge on any atom is 0.191 e. The summed E-state index contributed by atoms with van der Waals surface area (Å²) in [5.41, 5.74) is 0.958. The predicted molar refractivity (Wildman–Crippen MR) is 95.3 cm³/mol. The molecule has 24 heavy (non-hydrogen) atoms. The topological polar surface area (TPSA) is 71.7 Å². The number of aromatic nitrogens is 1. The van der Waals surface area contributed by atoms with Crippen LogP contribution in [0, 0.1) is 0 Å². The molecule has 0 aliphatic heterocycles. The number of nitrogens with zero attached hydrogens (tertiary/aromatic N) is 2. The van der Waals surface area contributed by atoms with Crippen LogP contribution >= 0.6 is 0 Å². The molecule has 0 saturated heterocycles. The molecular formula is C18H26N4O2. The lowest BCUT2D eigenvalue weighted by atomic mass is 10.1. The van der Waals surface area contributed by atoms with Crippen molar-refractivity contribution in [3.63, 3.8) is 0 Å². The van der Waals surface area contributed by atoms with E-state index in [0.29, 0.717) is 25.0 Å². The molecular weight excluding hydrogens is 304 g/mol. The standard InChI is InChI=1S/C18H26N4O2/c1-13(2)17-10-16(24-22-17)12-21-18(19-4)20-11-14(3)23-15-8-6-5-7-9-15/h5-10,13-14H,11-12H2,1-4H3,(H2,19,20,21). The fourth-order valence-electron chi connectivity index (χ4n) is 2.09. The van der Waals surface area contributed by atoms with Crippen LogP contribution in [-0.4, -0.2) is 30.8 Å². The Morgan fingerprint density at radius 2 is 1.96 bits per heavy atom. The Kier molecular flexibility index (Phi) is 6.66. The lowest BCUT2D eigenvalue weighted by molar-refractivity contribution is 0.224. The van der Waals surface area contributed by atoms with Crippen molar-refractivity contribution in [3.8, 4) is 5.75 Å². The van der Waals surface area contributed by atoms with Crippen LogP contribution in [0.1, 0.15) is 38.1 Å². The lowest BCUT2D eigenvalue weighted by Gasteiger charge is -2.17. The van der Waals surface area contributed by atoms with Gasteiger partial charge in [-0.1, -0.05) is 37.2 Å². The molecule has 0 radical (unpaired) electrons. The number of guanidine groups is 1. The number of hydrogen-bond donors (Lipinski definition) is 2. The van der Waals surface area contributed by atoms with Crippen molar-refractivity contribution >= 4 is 5.96 Å². The highest BCUT2D eigenvalue weighted by atomic mass is 16.5. The molecule has 2 rings (SSSR count). The smallest absolute Gasteiger partial charge is 0.191 e. The third-order valence-corrected chi connectivity index (χ3v) is 3.46. The Bertz CT molecular complexity index is 637. The van der Waals surface area contributed by atoms with Crippen molar-refractivity contribution < 1.29 is 9.26 Å². The van der Waals surface area contributed by atoms with Gasteiger partial charge in [0.1, 0.15) is 11.9 Å². The lowest BCUT2D eigenvalue weighted by Crippen LogP contribution is -2.41. The summed E-state index contributed by atoms with van der Waals surface area (Å²) in [6.07, 6.45) is 0.0174. The van der Waals surface area contributed by atoms with E-state index in [9.17, 15) is 0 Å². The Hall–Kier alpha value is -2.50. The largest absolute Gasteiger partial charge is 0.489 e. The summed E-state index contributed by atoms with van der Waals surface area (Å²) >= 11 is 0. The van der Waals surface area contributed by atoms with Gasteiger partial charge in [0.2, 0.25) is 0 Å². The molecule has 2 aromatic rings. The number of ether oxygens (including phenoxy) is 1. The number of aliphatic imine (C=N–C) groups is 1. The second kappa shape index (κ2) is 8.96. The van der Waals surface area contributed by atoms with Gasteiger partial charge in [0, 0.05) is 13.1 Å². The van der Waals surface area contributed by atoms with Crippen LogP contribution in [0.15, 0.2) is 45.9 Å². The van der Waals surface area contributed by atoms with Crippen LogP contribution in [0.2, 0.25) is 0 Å². The molecule has 6 nitrogen and oxygen atoms in total. The molecule has 0 aliphatic carbocycles. The number of nitrogens with one attached hydrogen (secondary N) is 2. The second-order valence-corrected chi connectivity index (χ2v) is 5.92. The number of benzene rings is 1. The minimum absolute atomic E-state index is 0.0174. The predicted octanol–water partition coefficient (Wildman–Crippen LogP) is 2.93. The fourth-order valence-corrected chi connectivity index (χ4v) is 2.09. The molecule has 0 aliphatic rings. The Morgan fingerprint density at radius 1 is 1.21 bits per heavy atom. The molecule has 1 aromatic heterocycles. The van der Waals surface area contributed by atoms with Gasteiger partial charge in [-0.05, 0) is 25.0 Å². The van der Waals surface area contributed by atoms with E-state index in [2.05, 4.69) is 34.6 Å². The molecule has 1 atom stereocenters. The van der Waals surface area contributed by atoms with Crippen molar-refractivity contribution in [2.24, 2.45) is 4.99 Å². The normalized spacial score (nSPS) is 13.0. The zero-order valence-corrected chi connectivity index (χ0v) is 14.7. The molecule has 6 heteroatoms. The molecule has 1 aromatic carbocycles. The molecule has 1 unspecified atom stereocenters. The first kappa shape index (κ1) is 17.8. The summed E-state index contributed by atoms with van der Waals surface area (Å²) < 4.78 is 11.1. The first-order valence-electron chi connectivity index (χ1n) is 8.20. The zero-order chi connectivity index (χ0) is 17.4. The fraction of sp³-hybridized carbons (Fsp3) is 0.444. The molecule has 0 saturated carbocycles. The van der Waals surface area contributed by atoms with Gasteiger partial charge >= 0.3 is 0 Å². The summed E-state index contributed by atoms with van der Waals surface area (Å²) in [5.74, 6) is 2.70. The Labute approximate surface area is 143 Å². The average Bonchev–Trinajstić information content (AvgIpc) is 3.05. The monoisotopic (exact) mass is 330 g/mol. The summed E-state index contributed by atoms with van der Waals surface area (Å²) in [6, 6.07) is 11.7. The zero-order valence-electron chi connectivity index (χ0n) is 14.7. The van der Waals surface area contributed by atoms with E-state index in [1.165, 1.54) is 0 Å². The van der Waals surface area contributed by atoms with Gasteiger partial charge in [-0.25, -0.2) is 0 Å². The molecule has 2 N–H and O–H groups in total. The van der Waals surface area contributed by atoms with Gasteiger partial charge in [-0.15, -0.1) is 0 Å². The van der Waals surface area contributed by atoms with Crippen LogP contribution < -0.4 is 15.4 Å². The van der Waals surface area contributed by atoms with Crippen molar-refractivity contribution in [2.45, 2.75) is 39.3 Å². The first-order valence-corrected chi connectivity index (χ1v) is 8.20. The molecule has 0 fully saturated rings. The van der Waals surface area contributed by atoms with Crippen LogP contribution in [0.25, 0.3) is 0 Å². The maximum absolute atomic E-state index is 5.83. The molecule has 130 valence electrons. The first-order chi connectivity index (χ1) is 11.6. The average molecular weight is 330 g/mol. The van der Waals surface area contributed by atoms with Gasteiger partial charge in [0.05, 0.1) is 18.8 Å². The van der Waals surface area contributed by atoms with Gasteiger partial charge in [0.25, 0.3) is 0 Å². The summed E-state index contributed by atoms with van der Waals surface area (Å²) in [5, 5.41) is 10.5. The summed E-state index contributed by atoms with van der Waals surface area (Å²) in [7, 11) is 1.73. The third kappa shape index (κ3) is 5.61. The van der Waals surface area contributed by atoms with Crippen LogP contribution in [0.4, 0.5) is 0 Å². The number of rotatable bonds is 7. The van der Waals surface area contributed by atoms with E-state index >= 15 is 0 Å². The van der Waals surface area contributed by atoms with Gasteiger partial charge < -0.3 is 19.9 Å². The highest BCUT2D eigenvalue weighted by molar-refractivity contribution is 5.79. The summed E-state index contributed by atoms with van der Waals surface area (Å²) in [4.78, 5) is 4.20. The van der Waals surface area contributed by atoms with E-state index in [1.54, 1.807) is 7.05 Å². The van der Waals surface area contributed by atoms with Crippen molar-refractivity contribution in [3.05, 3.63) is 47.9 Å².